The van der Waals surface area contributed by atoms with Gasteiger partial charge in [0.25, 0.3) is 5.91 Å². The number of aromatic nitrogens is 3. The minimum absolute atomic E-state index is 0.0844. The van der Waals surface area contributed by atoms with Crippen LogP contribution in [0.3, 0.4) is 0 Å². The molecule has 19 nitrogen and oxygen atoms in total. The fourth-order valence-corrected chi connectivity index (χ4v) is 10.3. The van der Waals surface area contributed by atoms with Crippen molar-refractivity contribution in [3.63, 3.8) is 0 Å². The maximum Gasteiger partial charge on any atom is 0.573 e. The number of methoxy groups -OCH3 is 2. The highest BCUT2D eigenvalue weighted by Gasteiger charge is 2.50. The number of piperazine rings is 1. The van der Waals surface area contributed by atoms with Crippen molar-refractivity contribution in [1.82, 2.24) is 40.3 Å². The lowest BCUT2D eigenvalue weighted by atomic mass is 9.90. The number of ether oxygens (including phenoxy) is 3. The van der Waals surface area contributed by atoms with Gasteiger partial charge in [-0.05, 0) is 91.8 Å². The number of hydrogen-bond donors (Lipinski definition) is 4. The van der Waals surface area contributed by atoms with E-state index >= 15 is 0 Å². The van der Waals surface area contributed by atoms with E-state index in [2.05, 4.69) is 49.5 Å². The van der Waals surface area contributed by atoms with E-state index in [0.29, 0.717) is 80.4 Å². The van der Waals surface area contributed by atoms with Crippen molar-refractivity contribution < 1.29 is 56.1 Å². The molecule has 2 aromatic carbocycles. The van der Waals surface area contributed by atoms with E-state index in [1.54, 1.807) is 64.2 Å². The third-order valence-electron chi connectivity index (χ3n) is 14.3. The molecule has 404 valence electrons. The largest absolute Gasteiger partial charge is 0.573 e. The summed E-state index contributed by atoms with van der Waals surface area (Å²) in [5.41, 5.74) is 0.579. The number of anilines is 2. The van der Waals surface area contributed by atoms with E-state index in [4.69, 9.17) is 9.47 Å². The molecule has 3 saturated heterocycles. The minimum atomic E-state index is -5.07. The van der Waals surface area contributed by atoms with Crippen LogP contribution in [0, 0.1) is 17.3 Å². The van der Waals surface area contributed by atoms with Crippen LogP contribution in [-0.2, 0) is 23.9 Å². The number of amides is 6. The molecule has 4 N–H and O–H groups in total. The molecule has 0 bridgehead atoms. The number of aromatic amines is 1. The number of alkyl halides is 3. The van der Waals surface area contributed by atoms with Gasteiger partial charge in [0.15, 0.2) is 0 Å². The number of alkyl carbamates (subject to hydrolysis) is 2. The number of H-pyrrole nitrogens is 1. The van der Waals surface area contributed by atoms with Crippen LogP contribution < -0.4 is 25.6 Å². The van der Waals surface area contributed by atoms with Gasteiger partial charge in [-0.15, -0.1) is 13.2 Å². The zero-order chi connectivity index (χ0) is 54.7. The summed E-state index contributed by atoms with van der Waals surface area (Å²) in [7, 11) is 2.46. The van der Waals surface area contributed by atoms with E-state index in [0.717, 1.165) is 6.07 Å². The highest BCUT2D eigenvalue weighted by atomic mass is 19.4. The standard InChI is InChI=1S/C53H67F3N10O9/c1-30(2)42(61-49(71)73-9)46(68)65-29-51(6,7)25-39(65)44-58-27-38(60-44)34-14-12-33(13-15-34)37-18-16-35(24-40(37)75-53(54,55)56)45(67)59-36-17-19-41(57-26-36)64-23-22-63(28-32(64)5)48(70)52(8)20-11-21-66(52)47(69)43(31(3)4)62-50(72)74-10/h12-19,24,26-27,30-32,39,42-43H,11,20-23,25,28-29H2,1-10H3,(H,58,60)(H,59,67)(H,61,71)(H,62,72)/t32-,39+,42+,43+,52+/m1/s1. The maximum absolute atomic E-state index is 14.2. The van der Waals surface area contributed by atoms with Crippen molar-refractivity contribution >= 4 is 47.3 Å². The first kappa shape index (κ1) is 55.4. The number of likely N-dealkylation sites (tertiary alicyclic amines) is 2. The smallest absolute Gasteiger partial charge is 0.453 e. The second-order valence-corrected chi connectivity index (χ2v) is 21.1. The Morgan fingerprint density at radius 2 is 1.44 bits per heavy atom. The first-order valence-corrected chi connectivity index (χ1v) is 25.0. The molecule has 6 amide bonds. The van der Waals surface area contributed by atoms with Crippen LogP contribution in [-0.4, -0.2) is 142 Å². The molecule has 2 aromatic heterocycles. The summed E-state index contributed by atoms with van der Waals surface area (Å²) in [6.07, 6.45) is -1.73. The summed E-state index contributed by atoms with van der Waals surface area (Å²) in [4.78, 5) is 99.2. The Morgan fingerprint density at radius 3 is 2.03 bits per heavy atom. The van der Waals surface area contributed by atoms with Gasteiger partial charge in [0.1, 0.15) is 35.0 Å². The average molecular weight is 1050 g/mol. The third kappa shape index (κ3) is 12.4. The first-order valence-electron chi connectivity index (χ1n) is 25.0. The van der Waals surface area contributed by atoms with Crippen LogP contribution in [0.25, 0.3) is 22.4 Å². The van der Waals surface area contributed by atoms with Gasteiger partial charge in [-0.25, -0.2) is 19.6 Å². The Hall–Kier alpha value is -7.39. The van der Waals surface area contributed by atoms with Crippen LogP contribution in [0.2, 0.25) is 0 Å². The van der Waals surface area contributed by atoms with Gasteiger partial charge >= 0.3 is 18.5 Å². The van der Waals surface area contributed by atoms with Crippen LogP contribution in [0.1, 0.15) is 96.9 Å². The second kappa shape index (κ2) is 22.2. The van der Waals surface area contributed by atoms with Crippen molar-refractivity contribution in [3.05, 3.63) is 78.4 Å². The number of rotatable bonds is 14. The lowest BCUT2D eigenvalue weighted by Gasteiger charge is -2.45. The minimum Gasteiger partial charge on any atom is -0.453 e. The molecular weight excluding hydrogens is 978 g/mol. The van der Waals surface area contributed by atoms with Gasteiger partial charge in [-0.1, -0.05) is 65.8 Å². The lowest BCUT2D eigenvalue weighted by Crippen LogP contribution is -2.64. The number of imidazole rings is 1. The molecule has 7 rings (SSSR count). The van der Waals surface area contributed by atoms with E-state index in [1.165, 1.54) is 32.5 Å². The Balaban J connectivity index is 0.999. The molecule has 0 radical (unpaired) electrons. The van der Waals surface area contributed by atoms with Crippen molar-refractivity contribution in [2.24, 2.45) is 17.3 Å². The van der Waals surface area contributed by atoms with Crippen molar-refractivity contribution in [2.75, 3.05) is 57.2 Å². The quantitative estimate of drug-likeness (QED) is 0.0952. The Labute approximate surface area is 434 Å². The molecule has 0 saturated carbocycles. The number of nitrogens with one attached hydrogen (secondary N) is 4. The molecule has 3 aliphatic heterocycles. The molecule has 0 aliphatic carbocycles. The molecular formula is C53H67F3N10O9. The van der Waals surface area contributed by atoms with Gasteiger partial charge in [0, 0.05) is 49.9 Å². The summed E-state index contributed by atoms with van der Waals surface area (Å²) in [5, 5.41) is 7.98. The number of carbonyl (C=O) groups excluding carboxylic acids is 6. The SMILES string of the molecule is COC(=O)N[C@H](C(=O)N1CC(C)(C)C[C@H]1c1ncc(-c2ccc(-c3ccc(C(=O)Nc4ccc(N5CCN(C(=O)[C@]6(C)CCCN6C(=O)[C@@H](NC(=O)OC)C(C)C)C[C@H]5C)nc4)cc3OC(F)(F)F)cc2)[nH]1)C(C)C. The molecule has 3 fully saturated rings. The Bertz CT molecular complexity index is 2750. The number of nitrogens with zero attached hydrogens (tertiary/aromatic N) is 6. The van der Waals surface area contributed by atoms with Crippen molar-refractivity contribution in [3.8, 4) is 28.1 Å². The van der Waals surface area contributed by atoms with Crippen LogP contribution in [0.4, 0.5) is 34.3 Å². The molecule has 0 spiro atoms. The number of pyridine rings is 1. The van der Waals surface area contributed by atoms with E-state index < -0.39 is 53.9 Å². The highest BCUT2D eigenvalue weighted by Crippen LogP contribution is 2.43. The van der Waals surface area contributed by atoms with Gasteiger partial charge in [-0.3, -0.25) is 19.2 Å². The summed E-state index contributed by atoms with van der Waals surface area (Å²) in [6.45, 7) is 17.1. The van der Waals surface area contributed by atoms with Gasteiger partial charge in [0.2, 0.25) is 17.7 Å². The van der Waals surface area contributed by atoms with Crippen LogP contribution in [0.15, 0.2) is 67.0 Å². The monoisotopic (exact) mass is 1040 g/mol. The summed E-state index contributed by atoms with van der Waals surface area (Å²) < 4.78 is 55.6. The highest BCUT2D eigenvalue weighted by molar-refractivity contribution is 6.05. The fraction of sp³-hybridized carbons (Fsp3) is 0.509. The van der Waals surface area contributed by atoms with Crippen LogP contribution >= 0.6 is 0 Å². The lowest BCUT2D eigenvalue weighted by molar-refractivity contribution is -0.274. The summed E-state index contributed by atoms with van der Waals surface area (Å²) in [5.74, 6) is -1.41. The van der Waals surface area contributed by atoms with E-state index in [-0.39, 0.29) is 57.8 Å². The predicted molar refractivity (Wildman–Crippen MR) is 272 cm³/mol. The van der Waals surface area contributed by atoms with Crippen molar-refractivity contribution in [1.29, 1.82) is 0 Å². The number of benzene rings is 2. The topological polar surface area (TPSA) is 221 Å². The molecule has 0 unspecified atom stereocenters. The van der Waals surface area contributed by atoms with Gasteiger partial charge in [-0.2, -0.15) is 0 Å². The predicted octanol–water partition coefficient (Wildman–Crippen LogP) is 7.77. The molecule has 75 heavy (non-hydrogen) atoms. The van der Waals surface area contributed by atoms with E-state index in [1.807, 2.05) is 39.5 Å². The number of carbonyl (C=O) groups is 6. The fourth-order valence-electron chi connectivity index (χ4n) is 10.3. The molecule has 5 atom stereocenters. The molecule has 5 heterocycles. The third-order valence-corrected chi connectivity index (χ3v) is 14.3. The zero-order valence-electron chi connectivity index (χ0n) is 44.0. The number of halogens is 3. The maximum atomic E-state index is 14.2. The normalized spacial score (nSPS) is 20.4. The Kier molecular flexibility index (Phi) is 16.4. The Morgan fingerprint density at radius 1 is 0.800 bits per heavy atom. The first-order chi connectivity index (χ1) is 35.3. The molecule has 3 aliphatic rings. The van der Waals surface area contributed by atoms with Crippen LogP contribution in [0.5, 0.6) is 5.75 Å². The van der Waals surface area contributed by atoms with E-state index in [9.17, 15) is 41.9 Å². The summed E-state index contributed by atoms with van der Waals surface area (Å²) >= 11 is 0. The van der Waals surface area contributed by atoms with Gasteiger partial charge < -0.3 is 54.7 Å². The zero-order valence-corrected chi connectivity index (χ0v) is 44.0. The summed E-state index contributed by atoms with van der Waals surface area (Å²) in [6, 6.07) is 11.5. The number of hydrogen-bond acceptors (Lipinski definition) is 12. The molecule has 22 heteroatoms. The van der Waals surface area contributed by atoms with Gasteiger partial charge in [0.05, 0.1) is 44.0 Å². The average Bonchev–Trinajstić information content (AvgIpc) is 4.11. The van der Waals surface area contributed by atoms with Crippen molar-refractivity contribution in [2.45, 2.75) is 111 Å². The second-order valence-electron chi connectivity index (χ2n) is 21.1. The molecule has 4 aromatic rings.